The molecule has 1 fully saturated rings. The van der Waals surface area contributed by atoms with E-state index in [9.17, 15) is 1.37 Å². The molecule has 2 nitrogen and oxygen atoms in total. The molecule has 2 aromatic heterocycles. The van der Waals surface area contributed by atoms with Crippen molar-refractivity contribution >= 4 is 21.9 Å². The van der Waals surface area contributed by atoms with Crippen molar-refractivity contribution in [3.8, 4) is 22.4 Å². The number of benzene rings is 3. The number of fused-ring (bicyclic) bond motifs is 4. The average molecular weight is 612 g/mol. The van der Waals surface area contributed by atoms with Gasteiger partial charge in [0.1, 0.15) is 24.0 Å². The van der Waals surface area contributed by atoms with Gasteiger partial charge in [-0.3, -0.25) is 0 Å². The highest BCUT2D eigenvalue weighted by atomic mass is 19.3. The highest BCUT2D eigenvalue weighted by molar-refractivity contribution is 6.13. The Morgan fingerprint density at radius 1 is 0.800 bits per heavy atom. The second-order valence-electron chi connectivity index (χ2n) is 14.9. The zero-order valence-electron chi connectivity index (χ0n) is 28.6. The summed E-state index contributed by atoms with van der Waals surface area (Å²) in [7, 11) is 1.99. The highest BCUT2D eigenvalue weighted by Crippen LogP contribution is 2.66. The predicted octanol–water partition coefficient (Wildman–Crippen LogP) is 11.1. The fourth-order valence-electron chi connectivity index (χ4n) is 8.45. The fourth-order valence-corrected chi connectivity index (χ4v) is 8.45. The molecule has 0 unspecified atom stereocenters. The van der Waals surface area contributed by atoms with Crippen molar-refractivity contribution in [1.82, 2.24) is 0 Å². The second-order valence-corrected chi connectivity index (χ2v) is 14.9. The minimum Gasteiger partial charge on any atom is -0.454 e. The first-order chi connectivity index (χ1) is 21.5. The Labute approximate surface area is 265 Å². The molecule has 0 N–H and O–H groups in total. The number of alkyl halides is 2. The smallest absolute Gasteiger partial charge is 0.262 e. The summed E-state index contributed by atoms with van der Waals surface area (Å²) in [5.41, 5.74) is 2.52. The zero-order valence-corrected chi connectivity index (χ0v) is 27.6. The van der Waals surface area contributed by atoms with Crippen molar-refractivity contribution in [2.45, 2.75) is 96.8 Å². The monoisotopic (exact) mass is 611 g/mol. The zero-order chi connectivity index (χ0) is 33.2. The van der Waals surface area contributed by atoms with E-state index in [2.05, 4.69) is 6.07 Å². The Bertz CT molecular complexity index is 2060. The molecule has 234 valence electrons. The van der Waals surface area contributed by atoms with Crippen molar-refractivity contribution in [3.05, 3.63) is 88.9 Å². The Morgan fingerprint density at radius 3 is 2.11 bits per heavy atom. The van der Waals surface area contributed by atoms with E-state index in [-0.39, 0.29) is 5.56 Å². The van der Waals surface area contributed by atoms with Crippen LogP contribution in [0.5, 0.6) is 0 Å². The standard InChI is InChI=1S/C40H43F3NO/c1-23-16-17-26-27-20-21-29(41)32(36(27)45-35(26)31(23)30-15-11-12-22-44(30)8)28-19-18-25(24-13-9-10-14-24)33-34(28)37(2,3)39(6,7)40(42,43)38(33,4)5/h11-12,15-22,24H,9-10,13-14H2,1-8H3/q+1/i24D. The molecule has 2 heterocycles. The van der Waals surface area contributed by atoms with Crippen LogP contribution in [0.15, 0.2) is 65.2 Å². The van der Waals surface area contributed by atoms with Crippen LogP contribution >= 0.6 is 0 Å². The van der Waals surface area contributed by atoms with Crippen LogP contribution in [0, 0.1) is 18.2 Å². The van der Waals surface area contributed by atoms with Crippen molar-refractivity contribution < 1.29 is 23.5 Å². The van der Waals surface area contributed by atoms with Crippen LogP contribution in [-0.4, -0.2) is 5.92 Å². The van der Waals surface area contributed by atoms with Gasteiger partial charge in [-0.25, -0.2) is 17.7 Å². The van der Waals surface area contributed by atoms with Gasteiger partial charge in [-0.05, 0) is 85.5 Å². The van der Waals surface area contributed by atoms with E-state index < -0.39 is 33.9 Å². The predicted molar refractivity (Wildman–Crippen MR) is 176 cm³/mol. The number of halogens is 3. The minimum absolute atomic E-state index is 0.285. The van der Waals surface area contributed by atoms with Crippen molar-refractivity contribution in [2.75, 3.05) is 0 Å². The Morgan fingerprint density at radius 2 is 1.44 bits per heavy atom. The van der Waals surface area contributed by atoms with Crippen LogP contribution in [0.2, 0.25) is 0 Å². The average Bonchev–Trinajstić information content (AvgIpc) is 3.60. The molecule has 5 heteroatoms. The Hall–Kier alpha value is -3.60. The molecule has 0 amide bonds. The molecular weight excluding hydrogens is 567 g/mol. The number of aryl methyl sites for hydroxylation is 2. The lowest BCUT2D eigenvalue weighted by Gasteiger charge is -2.59. The SMILES string of the molecule is [2H]C1(c2ccc(-c3c(F)ccc4c3oc3c(-c5cccc[n+]5C)c(C)ccc34)c3c2C(C)(C)C(F)(F)C(C)(C)C3(C)C)CCCC1. The number of hydrogen-bond donors (Lipinski definition) is 0. The molecule has 0 saturated heterocycles. The van der Waals surface area contributed by atoms with Crippen LogP contribution in [0.1, 0.15) is 96.7 Å². The second kappa shape index (κ2) is 9.70. The summed E-state index contributed by atoms with van der Waals surface area (Å²) in [6.45, 7) is 12.3. The molecule has 5 aromatic rings. The number of aromatic nitrogens is 1. The molecule has 2 aliphatic carbocycles. The summed E-state index contributed by atoms with van der Waals surface area (Å²) < 4.78 is 68.5. The van der Waals surface area contributed by atoms with E-state index in [0.717, 1.165) is 40.4 Å². The molecule has 0 spiro atoms. The number of rotatable bonds is 3. The number of furan rings is 1. The fraction of sp³-hybridized carbons (Fsp3) is 0.425. The summed E-state index contributed by atoms with van der Waals surface area (Å²) in [5, 5.41) is 1.64. The van der Waals surface area contributed by atoms with Gasteiger partial charge < -0.3 is 4.42 Å². The number of nitrogens with zero attached hydrogens (tertiary/aromatic N) is 1. The lowest BCUT2D eigenvalue weighted by molar-refractivity contribution is -0.660. The van der Waals surface area contributed by atoms with E-state index in [1.54, 1.807) is 33.8 Å². The first-order valence-corrected chi connectivity index (χ1v) is 16.1. The van der Waals surface area contributed by atoms with Crippen LogP contribution in [0.25, 0.3) is 44.3 Å². The van der Waals surface area contributed by atoms with Crippen molar-refractivity contribution in [1.29, 1.82) is 0 Å². The third kappa shape index (κ3) is 3.85. The van der Waals surface area contributed by atoms with Gasteiger partial charge in [-0.2, -0.15) is 0 Å². The molecule has 2 aliphatic rings. The van der Waals surface area contributed by atoms with Gasteiger partial charge in [-0.15, -0.1) is 0 Å². The van der Waals surface area contributed by atoms with Crippen molar-refractivity contribution in [2.24, 2.45) is 12.5 Å². The maximum Gasteiger partial charge on any atom is 0.262 e. The minimum atomic E-state index is -3.11. The quantitative estimate of drug-likeness (QED) is 0.186. The molecule has 1 saturated carbocycles. The van der Waals surface area contributed by atoms with Gasteiger partial charge in [0.25, 0.3) is 5.92 Å². The lowest BCUT2D eigenvalue weighted by Crippen LogP contribution is -2.63. The topological polar surface area (TPSA) is 17.0 Å². The normalized spacial score (nSPS) is 21.2. The van der Waals surface area contributed by atoms with E-state index in [1.807, 2.05) is 75.0 Å². The first-order valence-electron chi connectivity index (χ1n) is 16.6. The molecule has 0 aliphatic heterocycles. The van der Waals surface area contributed by atoms with Gasteiger partial charge in [-0.1, -0.05) is 64.8 Å². The van der Waals surface area contributed by atoms with Crippen molar-refractivity contribution in [3.63, 3.8) is 0 Å². The maximum atomic E-state index is 16.9. The highest BCUT2D eigenvalue weighted by Gasteiger charge is 2.68. The largest absolute Gasteiger partial charge is 0.454 e. The molecule has 0 bridgehead atoms. The van der Waals surface area contributed by atoms with Gasteiger partial charge in [0.2, 0.25) is 5.69 Å². The van der Waals surface area contributed by atoms with Crippen LogP contribution < -0.4 is 4.57 Å². The summed E-state index contributed by atoms with van der Waals surface area (Å²) in [6.07, 6.45) is 5.01. The van der Waals surface area contributed by atoms with Crippen LogP contribution in [0.3, 0.4) is 0 Å². The molecular formula is C40H43F3NO+. The van der Waals surface area contributed by atoms with E-state index in [4.69, 9.17) is 4.42 Å². The summed E-state index contributed by atoms with van der Waals surface area (Å²) >= 11 is 0. The van der Waals surface area contributed by atoms with Gasteiger partial charge in [0.05, 0.1) is 16.5 Å². The van der Waals surface area contributed by atoms with E-state index >= 15 is 13.2 Å². The first kappa shape index (κ1) is 28.8. The van der Waals surface area contributed by atoms with Gasteiger partial charge in [0, 0.05) is 35.1 Å². The van der Waals surface area contributed by atoms with Crippen LogP contribution in [0.4, 0.5) is 13.2 Å². The van der Waals surface area contributed by atoms with Crippen LogP contribution in [-0.2, 0) is 17.9 Å². The van der Waals surface area contributed by atoms with E-state index in [1.165, 1.54) is 6.07 Å². The van der Waals surface area contributed by atoms with E-state index in [0.29, 0.717) is 46.3 Å². The summed E-state index contributed by atoms with van der Waals surface area (Å²) in [6, 6.07) is 17.0. The molecule has 7 rings (SSSR count). The maximum absolute atomic E-state index is 16.9. The summed E-state index contributed by atoms with van der Waals surface area (Å²) in [5.74, 6) is -4.54. The third-order valence-corrected chi connectivity index (χ3v) is 11.7. The van der Waals surface area contributed by atoms with Gasteiger partial charge >= 0.3 is 0 Å². The summed E-state index contributed by atoms with van der Waals surface area (Å²) in [4.78, 5) is 0. The molecule has 0 atom stereocenters. The molecule has 45 heavy (non-hydrogen) atoms. The molecule has 0 radical (unpaired) electrons. The van der Waals surface area contributed by atoms with Gasteiger partial charge in [0.15, 0.2) is 6.20 Å². The molecule has 3 aromatic carbocycles. The number of hydrogen-bond acceptors (Lipinski definition) is 1. The number of pyridine rings is 1. The Kier molecular flexibility index (Phi) is 6.22. The Balaban J connectivity index is 1.63. The third-order valence-electron chi connectivity index (χ3n) is 11.7. The lowest BCUT2D eigenvalue weighted by atomic mass is 9.47.